The van der Waals surface area contributed by atoms with E-state index in [1.807, 2.05) is 27.7 Å². The highest BCUT2D eigenvalue weighted by Crippen LogP contribution is 2.46. The molecular formula is C23H28FNO6. The lowest BCUT2D eigenvalue weighted by atomic mass is 9.95. The van der Waals surface area contributed by atoms with Gasteiger partial charge in [-0.3, -0.25) is 0 Å². The highest BCUT2D eigenvalue weighted by molar-refractivity contribution is 5.84. The predicted octanol–water partition coefficient (Wildman–Crippen LogP) is 6.21. The number of nitrogens with zero attached hydrogens (tertiary/aromatic N) is 1. The summed E-state index contributed by atoms with van der Waals surface area (Å²) < 4.78 is 34.6. The van der Waals surface area contributed by atoms with E-state index in [9.17, 15) is 14.0 Å². The first-order valence-corrected chi connectivity index (χ1v) is 10.2. The monoisotopic (exact) mass is 433 g/mol. The smallest absolute Gasteiger partial charge is 0.434 e. The molecule has 0 atom stereocenters. The molecule has 7 nitrogen and oxygen atoms in total. The lowest BCUT2D eigenvalue weighted by Crippen LogP contribution is -2.18. The van der Waals surface area contributed by atoms with Gasteiger partial charge in [-0.15, -0.1) is 0 Å². The zero-order valence-corrected chi connectivity index (χ0v) is 18.7. The van der Waals surface area contributed by atoms with Crippen molar-refractivity contribution in [3.05, 3.63) is 41.5 Å². The number of halogens is 1. The van der Waals surface area contributed by atoms with Gasteiger partial charge in [-0.2, -0.15) is 0 Å². The van der Waals surface area contributed by atoms with Crippen molar-refractivity contribution in [1.82, 2.24) is 4.98 Å². The molecular weight excluding hydrogens is 405 g/mol. The first-order chi connectivity index (χ1) is 14.7. The van der Waals surface area contributed by atoms with Crippen LogP contribution in [0.2, 0.25) is 0 Å². The fraction of sp³-hybridized carbons (Fsp3) is 0.435. The molecule has 0 aliphatic rings. The summed E-state index contributed by atoms with van der Waals surface area (Å²) in [6.07, 6.45) is -1.84. The van der Waals surface area contributed by atoms with E-state index in [2.05, 4.69) is 4.98 Å². The number of benzene rings is 1. The molecule has 0 fully saturated rings. The number of carbonyl (C=O) groups is 2. The van der Waals surface area contributed by atoms with Gasteiger partial charge in [0, 0.05) is 0 Å². The molecule has 0 radical (unpaired) electrons. The van der Waals surface area contributed by atoms with Gasteiger partial charge in [0.15, 0.2) is 11.5 Å². The van der Waals surface area contributed by atoms with Crippen LogP contribution in [0, 0.1) is 5.82 Å². The summed E-state index contributed by atoms with van der Waals surface area (Å²) in [7, 11) is 0. The van der Waals surface area contributed by atoms with Crippen molar-refractivity contribution >= 4 is 12.3 Å². The van der Waals surface area contributed by atoms with E-state index in [1.54, 1.807) is 13.8 Å². The zero-order chi connectivity index (χ0) is 23.1. The topological polar surface area (TPSA) is 84.0 Å². The third-order valence-corrected chi connectivity index (χ3v) is 4.28. The molecule has 8 heteroatoms. The SMILES string of the molecule is CCOC(=O)Oc1c(C(C)C)nc(C(C)C)c(OC(=O)OCC)c1-c1ccc(F)cc1. The maximum Gasteiger partial charge on any atom is 0.513 e. The maximum atomic E-state index is 13.6. The summed E-state index contributed by atoms with van der Waals surface area (Å²) in [6.45, 7) is 11.1. The van der Waals surface area contributed by atoms with E-state index in [4.69, 9.17) is 18.9 Å². The van der Waals surface area contributed by atoms with Crippen LogP contribution < -0.4 is 9.47 Å². The second-order valence-corrected chi connectivity index (χ2v) is 7.30. The van der Waals surface area contributed by atoms with Gasteiger partial charge in [-0.05, 0) is 43.4 Å². The van der Waals surface area contributed by atoms with Gasteiger partial charge < -0.3 is 18.9 Å². The fourth-order valence-corrected chi connectivity index (χ4v) is 2.92. The summed E-state index contributed by atoms with van der Waals surface area (Å²) in [5, 5.41) is 0. The highest BCUT2D eigenvalue weighted by atomic mass is 19.1. The predicted molar refractivity (Wildman–Crippen MR) is 113 cm³/mol. The molecule has 0 bridgehead atoms. The van der Waals surface area contributed by atoms with Gasteiger partial charge in [0.1, 0.15) is 5.82 Å². The third kappa shape index (κ3) is 5.93. The molecule has 0 aliphatic heterocycles. The summed E-state index contributed by atoms with van der Waals surface area (Å²) in [4.78, 5) is 29.1. The van der Waals surface area contributed by atoms with Crippen LogP contribution in [0.5, 0.6) is 11.5 Å². The van der Waals surface area contributed by atoms with Gasteiger partial charge >= 0.3 is 12.3 Å². The van der Waals surface area contributed by atoms with Crippen molar-refractivity contribution < 1.29 is 32.9 Å². The van der Waals surface area contributed by atoms with Crippen LogP contribution >= 0.6 is 0 Å². The largest absolute Gasteiger partial charge is 0.513 e. The van der Waals surface area contributed by atoms with E-state index >= 15 is 0 Å². The Kier molecular flexibility index (Phi) is 8.36. The average molecular weight is 433 g/mol. The van der Waals surface area contributed by atoms with Gasteiger partial charge in [0.25, 0.3) is 0 Å². The number of ether oxygens (including phenoxy) is 4. The van der Waals surface area contributed by atoms with E-state index in [0.717, 1.165) is 0 Å². The summed E-state index contributed by atoms with van der Waals surface area (Å²) in [6, 6.07) is 5.55. The fourth-order valence-electron chi connectivity index (χ4n) is 2.92. The summed E-state index contributed by atoms with van der Waals surface area (Å²) >= 11 is 0. The van der Waals surface area contributed by atoms with E-state index in [-0.39, 0.29) is 36.5 Å². The minimum atomic E-state index is -0.922. The molecule has 1 aromatic heterocycles. The van der Waals surface area contributed by atoms with Crippen molar-refractivity contribution in [2.75, 3.05) is 13.2 Å². The summed E-state index contributed by atoms with van der Waals surface area (Å²) in [5.74, 6) is -0.547. The third-order valence-electron chi connectivity index (χ3n) is 4.28. The van der Waals surface area contributed by atoms with E-state index in [1.165, 1.54) is 24.3 Å². The second-order valence-electron chi connectivity index (χ2n) is 7.30. The van der Waals surface area contributed by atoms with Crippen LogP contribution in [0.4, 0.5) is 14.0 Å². The minimum Gasteiger partial charge on any atom is -0.434 e. The molecule has 0 N–H and O–H groups in total. The van der Waals surface area contributed by atoms with E-state index in [0.29, 0.717) is 22.5 Å². The highest BCUT2D eigenvalue weighted by Gasteiger charge is 2.29. The number of hydrogen-bond donors (Lipinski definition) is 0. The molecule has 2 aromatic rings. The van der Waals surface area contributed by atoms with Crippen LogP contribution in [-0.4, -0.2) is 30.5 Å². The Hall–Kier alpha value is -3.16. The van der Waals surface area contributed by atoms with E-state index < -0.39 is 18.1 Å². The minimum absolute atomic E-state index is 0.0868. The standard InChI is InChI=1S/C23H28FNO6/c1-7-28-22(26)30-20-17(15-9-11-16(24)12-10-15)21(31-23(27)29-8-2)19(14(5)6)25-18(20)13(3)4/h9-14H,7-8H2,1-6H3. The molecule has 31 heavy (non-hydrogen) atoms. The first kappa shape index (κ1) is 24.1. The van der Waals surface area contributed by atoms with Gasteiger partial charge in [0.2, 0.25) is 0 Å². The van der Waals surface area contributed by atoms with Crippen molar-refractivity contribution in [3.63, 3.8) is 0 Å². The Morgan fingerprint density at radius 2 is 1.26 bits per heavy atom. The van der Waals surface area contributed by atoms with Crippen molar-refractivity contribution in [3.8, 4) is 22.6 Å². The molecule has 0 saturated carbocycles. The van der Waals surface area contributed by atoms with Gasteiger partial charge in [0.05, 0.1) is 30.2 Å². The van der Waals surface area contributed by atoms with Crippen molar-refractivity contribution in [2.45, 2.75) is 53.4 Å². The zero-order valence-electron chi connectivity index (χ0n) is 18.7. The molecule has 1 heterocycles. The quantitative estimate of drug-likeness (QED) is 0.480. The van der Waals surface area contributed by atoms with Crippen LogP contribution in [0.15, 0.2) is 24.3 Å². The normalized spacial score (nSPS) is 10.9. The van der Waals surface area contributed by atoms with Crippen LogP contribution in [0.3, 0.4) is 0 Å². The average Bonchev–Trinajstić information content (AvgIpc) is 2.69. The Morgan fingerprint density at radius 1 is 0.839 bits per heavy atom. The number of hydrogen-bond acceptors (Lipinski definition) is 7. The maximum absolute atomic E-state index is 13.6. The molecule has 0 aliphatic carbocycles. The molecule has 1 aromatic carbocycles. The first-order valence-electron chi connectivity index (χ1n) is 10.2. The summed E-state index contributed by atoms with van der Waals surface area (Å²) in [5.41, 5.74) is 1.73. The number of carbonyl (C=O) groups excluding carboxylic acids is 2. The molecule has 2 rings (SSSR count). The Labute approximate surface area is 181 Å². The van der Waals surface area contributed by atoms with Crippen molar-refractivity contribution in [2.24, 2.45) is 0 Å². The second kappa shape index (κ2) is 10.7. The van der Waals surface area contributed by atoms with Crippen LogP contribution in [0.1, 0.15) is 64.8 Å². The van der Waals surface area contributed by atoms with Gasteiger partial charge in [-0.1, -0.05) is 39.8 Å². The Balaban J connectivity index is 2.88. The number of pyridine rings is 1. The molecule has 0 amide bonds. The molecule has 0 spiro atoms. The lowest BCUT2D eigenvalue weighted by molar-refractivity contribution is 0.102. The van der Waals surface area contributed by atoms with Gasteiger partial charge in [-0.25, -0.2) is 19.0 Å². The Morgan fingerprint density at radius 3 is 1.61 bits per heavy atom. The Bertz CT molecular complexity index is 874. The number of rotatable bonds is 7. The molecule has 0 unspecified atom stereocenters. The number of aromatic nitrogens is 1. The molecule has 0 saturated heterocycles. The lowest BCUT2D eigenvalue weighted by Gasteiger charge is -2.23. The van der Waals surface area contributed by atoms with Crippen LogP contribution in [-0.2, 0) is 9.47 Å². The van der Waals surface area contributed by atoms with Crippen LogP contribution in [0.25, 0.3) is 11.1 Å². The molecule has 168 valence electrons. The van der Waals surface area contributed by atoms with Crippen molar-refractivity contribution in [1.29, 1.82) is 0 Å².